The molecule has 1 aliphatic heterocycles. The largest absolute Gasteiger partial charge is 0.307 e. The first-order valence-corrected chi connectivity index (χ1v) is 9.98. The molecule has 0 bridgehead atoms. The van der Waals surface area contributed by atoms with Crippen LogP contribution in [0.3, 0.4) is 0 Å². The number of carbonyl (C=O) groups excluding carboxylic acids is 1. The molecule has 4 nitrogen and oxygen atoms in total. The number of benzene rings is 1. The van der Waals surface area contributed by atoms with Crippen LogP contribution >= 0.6 is 11.6 Å². The van der Waals surface area contributed by atoms with Crippen LogP contribution in [0.15, 0.2) is 18.2 Å². The van der Waals surface area contributed by atoms with Crippen molar-refractivity contribution in [1.29, 1.82) is 0 Å². The van der Waals surface area contributed by atoms with Gasteiger partial charge in [-0.2, -0.15) is 0 Å². The number of anilines is 1. The summed E-state index contributed by atoms with van der Waals surface area (Å²) in [6, 6.07) is 5.66. The number of alkyl halides is 1. The highest BCUT2D eigenvalue weighted by Gasteiger charge is 2.36. The fourth-order valence-electron chi connectivity index (χ4n) is 3.08. The molecule has 1 heterocycles. The van der Waals surface area contributed by atoms with E-state index in [0.29, 0.717) is 6.42 Å². The van der Waals surface area contributed by atoms with Gasteiger partial charge in [-0.3, -0.25) is 4.79 Å². The lowest BCUT2D eigenvalue weighted by molar-refractivity contribution is -0.116. The van der Waals surface area contributed by atoms with Gasteiger partial charge in [0.2, 0.25) is 5.91 Å². The van der Waals surface area contributed by atoms with Gasteiger partial charge in [0.25, 0.3) is 0 Å². The van der Waals surface area contributed by atoms with Crippen LogP contribution in [0.4, 0.5) is 5.69 Å². The molecule has 6 heteroatoms. The summed E-state index contributed by atoms with van der Waals surface area (Å²) < 4.78 is 23.7. The van der Waals surface area contributed by atoms with E-state index in [0.717, 1.165) is 29.7 Å². The molecule has 0 saturated carbocycles. The molecule has 1 amide bonds. The van der Waals surface area contributed by atoms with Crippen molar-refractivity contribution in [2.24, 2.45) is 0 Å². The Morgan fingerprint density at radius 1 is 1.27 bits per heavy atom. The monoisotopic (exact) mass is 343 g/mol. The SMILES string of the molecule is CCc1cccc(CC)c1N(C(=O)CCl)[C@@H]1CCS(=O)(=O)C1. The number of hydrogen-bond acceptors (Lipinski definition) is 3. The van der Waals surface area contributed by atoms with Gasteiger partial charge in [0.05, 0.1) is 23.2 Å². The van der Waals surface area contributed by atoms with Crippen LogP contribution in [0.25, 0.3) is 0 Å². The second kappa shape index (κ2) is 7.01. The van der Waals surface area contributed by atoms with E-state index < -0.39 is 9.84 Å². The van der Waals surface area contributed by atoms with Gasteiger partial charge in [-0.25, -0.2) is 8.42 Å². The van der Waals surface area contributed by atoms with E-state index in [-0.39, 0.29) is 29.3 Å². The molecular weight excluding hydrogens is 322 g/mol. The molecule has 1 atom stereocenters. The molecule has 0 unspecified atom stereocenters. The summed E-state index contributed by atoms with van der Waals surface area (Å²) in [5.41, 5.74) is 2.98. The van der Waals surface area contributed by atoms with E-state index in [9.17, 15) is 13.2 Å². The topological polar surface area (TPSA) is 54.5 Å². The van der Waals surface area contributed by atoms with Gasteiger partial charge in [-0.1, -0.05) is 32.0 Å². The van der Waals surface area contributed by atoms with Crippen molar-refractivity contribution < 1.29 is 13.2 Å². The number of aryl methyl sites for hydroxylation is 2. The number of para-hydroxylation sites is 1. The van der Waals surface area contributed by atoms with E-state index in [1.54, 1.807) is 4.90 Å². The average Bonchev–Trinajstić information content (AvgIpc) is 2.87. The summed E-state index contributed by atoms with van der Waals surface area (Å²) in [6.07, 6.45) is 2.05. The van der Waals surface area contributed by atoms with Crippen molar-refractivity contribution in [3.63, 3.8) is 0 Å². The van der Waals surface area contributed by atoms with Crippen molar-refractivity contribution in [3.8, 4) is 0 Å². The molecule has 1 fully saturated rings. The van der Waals surface area contributed by atoms with Crippen LogP contribution in [0.5, 0.6) is 0 Å². The minimum absolute atomic E-state index is 0.0246. The van der Waals surface area contributed by atoms with Crippen LogP contribution in [0.1, 0.15) is 31.4 Å². The molecule has 0 radical (unpaired) electrons. The highest BCUT2D eigenvalue weighted by Crippen LogP contribution is 2.32. The van der Waals surface area contributed by atoms with Crippen LogP contribution < -0.4 is 4.90 Å². The number of nitrogens with zero attached hydrogens (tertiary/aromatic N) is 1. The molecule has 1 aromatic carbocycles. The Morgan fingerprint density at radius 3 is 2.27 bits per heavy atom. The Balaban J connectivity index is 2.53. The van der Waals surface area contributed by atoms with Crippen molar-refractivity contribution >= 4 is 33.0 Å². The van der Waals surface area contributed by atoms with Gasteiger partial charge in [0, 0.05) is 0 Å². The summed E-state index contributed by atoms with van der Waals surface area (Å²) in [6.45, 7) is 4.07. The van der Waals surface area contributed by atoms with E-state index in [1.165, 1.54) is 0 Å². The minimum atomic E-state index is -3.07. The fraction of sp³-hybridized carbons (Fsp3) is 0.562. The van der Waals surface area contributed by atoms with Gasteiger partial charge in [-0.05, 0) is 30.4 Å². The number of amides is 1. The quantitative estimate of drug-likeness (QED) is 0.772. The predicted molar refractivity (Wildman–Crippen MR) is 90.5 cm³/mol. The van der Waals surface area contributed by atoms with E-state index in [2.05, 4.69) is 0 Å². The van der Waals surface area contributed by atoms with Crippen molar-refractivity contribution in [2.75, 3.05) is 22.3 Å². The number of carbonyl (C=O) groups is 1. The minimum Gasteiger partial charge on any atom is -0.307 e. The predicted octanol–water partition coefficient (Wildman–Crippen LogP) is 2.57. The lowest BCUT2D eigenvalue weighted by Crippen LogP contribution is -2.43. The Morgan fingerprint density at radius 2 is 1.86 bits per heavy atom. The molecule has 0 aliphatic carbocycles. The zero-order valence-corrected chi connectivity index (χ0v) is 14.6. The van der Waals surface area contributed by atoms with Gasteiger partial charge >= 0.3 is 0 Å². The van der Waals surface area contributed by atoms with Gasteiger partial charge in [0.1, 0.15) is 5.88 Å². The number of rotatable bonds is 5. The first-order valence-electron chi connectivity index (χ1n) is 7.62. The second-order valence-corrected chi connectivity index (χ2v) is 8.08. The van der Waals surface area contributed by atoms with Crippen molar-refractivity contribution in [2.45, 2.75) is 39.2 Å². The van der Waals surface area contributed by atoms with Crippen LogP contribution in [0.2, 0.25) is 0 Å². The maximum Gasteiger partial charge on any atom is 0.242 e. The van der Waals surface area contributed by atoms with Gasteiger partial charge in [-0.15, -0.1) is 11.6 Å². The zero-order chi connectivity index (χ0) is 16.3. The highest BCUT2D eigenvalue weighted by atomic mass is 35.5. The van der Waals surface area contributed by atoms with Crippen LogP contribution in [0, 0.1) is 0 Å². The highest BCUT2D eigenvalue weighted by molar-refractivity contribution is 7.91. The Hall–Kier alpha value is -1.07. The summed E-state index contributed by atoms with van der Waals surface area (Å²) in [4.78, 5) is 14.1. The molecule has 0 aromatic heterocycles. The Labute approximate surface area is 137 Å². The smallest absolute Gasteiger partial charge is 0.242 e. The lowest BCUT2D eigenvalue weighted by atomic mass is 10.00. The summed E-state index contributed by atoms with van der Waals surface area (Å²) in [5.74, 6) is -0.201. The summed E-state index contributed by atoms with van der Waals surface area (Å²) in [7, 11) is -3.07. The average molecular weight is 344 g/mol. The summed E-state index contributed by atoms with van der Waals surface area (Å²) >= 11 is 5.80. The number of halogens is 1. The third-order valence-electron chi connectivity index (χ3n) is 4.16. The Bertz CT molecular complexity index is 635. The fourth-order valence-corrected chi connectivity index (χ4v) is 4.91. The van der Waals surface area contributed by atoms with Crippen LogP contribution in [-0.4, -0.2) is 37.8 Å². The molecule has 0 N–H and O–H groups in total. The molecule has 1 aromatic rings. The van der Waals surface area contributed by atoms with Gasteiger partial charge < -0.3 is 4.90 Å². The van der Waals surface area contributed by atoms with E-state index in [1.807, 2.05) is 32.0 Å². The zero-order valence-electron chi connectivity index (χ0n) is 13.0. The lowest BCUT2D eigenvalue weighted by Gasteiger charge is -2.31. The Kier molecular flexibility index (Phi) is 5.50. The first kappa shape index (κ1) is 17.3. The molecule has 22 heavy (non-hydrogen) atoms. The molecular formula is C16H22ClNO3S. The molecule has 0 spiro atoms. The third kappa shape index (κ3) is 3.46. The molecule has 1 aliphatic rings. The number of sulfone groups is 1. The number of hydrogen-bond donors (Lipinski definition) is 0. The van der Waals surface area contributed by atoms with Crippen molar-refractivity contribution in [3.05, 3.63) is 29.3 Å². The van der Waals surface area contributed by atoms with Gasteiger partial charge in [0.15, 0.2) is 9.84 Å². The van der Waals surface area contributed by atoms with E-state index in [4.69, 9.17) is 11.6 Å². The summed E-state index contributed by atoms with van der Waals surface area (Å²) in [5, 5.41) is 0. The molecule has 2 rings (SSSR count). The maximum atomic E-state index is 12.4. The maximum absolute atomic E-state index is 12.4. The third-order valence-corrected chi connectivity index (χ3v) is 6.14. The molecule has 122 valence electrons. The van der Waals surface area contributed by atoms with Crippen LogP contribution in [-0.2, 0) is 27.5 Å². The normalized spacial score (nSPS) is 20.0. The van der Waals surface area contributed by atoms with Crippen molar-refractivity contribution in [1.82, 2.24) is 0 Å². The second-order valence-electron chi connectivity index (χ2n) is 5.59. The standard InChI is InChI=1S/C16H22ClNO3S/c1-3-12-6-5-7-13(4-2)16(12)18(15(19)10-17)14-8-9-22(20,21)11-14/h5-7,14H,3-4,8-11H2,1-2H3/t14-/m1/s1. The molecule has 1 saturated heterocycles. The van der Waals surface area contributed by atoms with E-state index >= 15 is 0 Å². The first-order chi connectivity index (χ1) is 10.4.